The molecular formula is C22H23NO3. The lowest BCUT2D eigenvalue weighted by Crippen LogP contribution is -2.10. The highest BCUT2D eigenvalue weighted by molar-refractivity contribution is 5.92. The van der Waals surface area contributed by atoms with Crippen LogP contribution >= 0.6 is 0 Å². The van der Waals surface area contributed by atoms with Crippen molar-refractivity contribution in [3.8, 4) is 5.75 Å². The number of aromatic nitrogens is 1. The Kier molecular flexibility index (Phi) is 4.41. The van der Waals surface area contributed by atoms with Crippen LogP contribution in [-0.2, 0) is 30.6 Å². The Balaban J connectivity index is 1.89. The van der Waals surface area contributed by atoms with Crippen LogP contribution < -0.4 is 4.74 Å². The molecule has 1 N–H and O–H groups in total. The van der Waals surface area contributed by atoms with Crippen molar-refractivity contribution in [3.05, 3.63) is 64.8 Å². The fourth-order valence-electron chi connectivity index (χ4n) is 4.05. The van der Waals surface area contributed by atoms with Crippen molar-refractivity contribution in [1.29, 1.82) is 0 Å². The molecule has 0 unspecified atom stereocenters. The number of carboxylic acids is 1. The third-order valence-electron chi connectivity index (χ3n) is 5.20. The molecule has 26 heavy (non-hydrogen) atoms. The predicted octanol–water partition coefficient (Wildman–Crippen LogP) is 4.20. The molecule has 0 aliphatic heterocycles. The minimum Gasteiger partial charge on any atom is -0.481 e. The number of aryl methyl sites for hydroxylation is 3. The maximum absolute atomic E-state index is 11.0. The number of carboxylic acid groups (broad SMARTS) is 1. The summed E-state index contributed by atoms with van der Waals surface area (Å²) in [5.74, 6) is -0.248. The van der Waals surface area contributed by atoms with Gasteiger partial charge in [0.05, 0.1) is 5.52 Å². The van der Waals surface area contributed by atoms with E-state index >= 15 is 0 Å². The molecule has 1 aliphatic carbocycles. The second-order valence-corrected chi connectivity index (χ2v) is 6.87. The lowest BCUT2D eigenvalue weighted by Gasteiger charge is -2.14. The molecule has 0 amide bonds. The molecule has 0 bridgehead atoms. The summed E-state index contributed by atoms with van der Waals surface area (Å²) in [4.78, 5) is 11.0. The first-order chi connectivity index (χ1) is 12.7. The van der Waals surface area contributed by atoms with Gasteiger partial charge in [-0.3, -0.25) is 0 Å². The van der Waals surface area contributed by atoms with E-state index in [0.717, 1.165) is 37.6 Å². The van der Waals surface area contributed by atoms with E-state index in [1.54, 1.807) is 0 Å². The quantitative estimate of drug-likeness (QED) is 0.725. The highest BCUT2D eigenvalue weighted by Crippen LogP contribution is 2.39. The van der Waals surface area contributed by atoms with E-state index in [1.165, 1.54) is 27.9 Å². The number of aliphatic carboxylic acids is 1. The first kappa shape index (κ1) is 16.7. The Morgan fingerprint density at radius 2 is 2.00 bits per heavy atom. The monoisotopic (exact) mass is 349 g/mol. The number of hydrogen-bond donors (Lipinski definition) is 1. The molecule has 0 saturated carbocycles. The summed E-state index contributed by atoms with van der Waals surface area (Å²) in [6, 6.07) is 14.7. The SMILES string of the molecule is CCc1cc2c(OCC(=O)O)cc3c(c2n1Cc1ccccc1)CCC3. The van der Waals surface area contributed by atoms with Crippen LogP contribution in [0.15, 0.2) is 42.5 Å². The molecule has 0 radical (unpaired) electrons. The fourth-order valence-corrected chi connectivity index (χ4v) is 4.05. The van der Waals surface area contributed by atoms with Crippen LogP contribution in [0.5, 0.6) is 5.75 Å². The van der Waals surface area contributed by atoms with E-state index in [9.17, 15) is 4.79 Å². The van der Waals surface area contributed by atoms with E-state index in [1.807, 2.05) is 6.07 Å². The van der Waals surface area contributed by atoms with Gasteiger partial charge in [0.25, 0.3) is 0 Å². The lowest BCUT2D eigenvalue weighted by atomic mass is 10.1. The van der Waals surface area contributed by atoms with Crippen LogP contribution in [-0.4, -0.2) is 22.2 Å². The van der Waals surface area contributed by atoms with Crippen LogP contribution in [0.1, 0.15) is 35.7 Å². The number of rotatable bonds is 6. The first-order valence-corrected chi connectivity index (χ1v) is 9.22. The highest BCUT2D eigenvalue weighted by Gasteiger charge is 2.22. The van der Waals surface area contributed by atoms with E-state index < -0.39 is 5.97 Å². The maximum atomic E-state index is 11.0. The molecule has 4 rings (SSSR count). The Labute approximate surface area is 153 Å². The zero-order valence-electron chi connectivity index (χ0n) is 15.0. The van der Waals surface area contributed by atoms with Gasteiger partial charge in [0.1, 0.15) is 5.75 Å². The molecule has 1 aromatic heterocycles. The summed E-state index contributed by atoms with van der Waals surface area (Å²) in [7, 11) is 0. The molecule has 4 heteroatoms. The standard InChI is InChI=1S/C22H23NO3/c1-2-17-12-19-20(26-14-21(24)25)11-16-9-6-10-18(16)22(19)23(17)13-15-7-4-3-5-8-15/h3-5,7-8,11-12H,2,6,9-10,13-14H2,1H3,(H,24,25). The van der Waals surface area contributed by atoms with Gasteiger partial charge in [-0.1, -0.05) is 37.3 Å². The van der Waals surface area contributed by atoms with Gasteiger partial charge in [0, 0.05) is 17.6 Å². The van der Waals surface area contributed by atoms with Crippen LogP contribution in [0.2, 0.25) is 0 Å². The molecule has 0 atom stereocenters. The van der Waals surface area contributed by atoms with E-state index in [4.69, 9.17) is 9.84 Å². The first-order valence-electron chi connectivity index (χ1n) is 9.22. The summed E-state index contributed by atoms with van der Waals surface area (Å²) in [5.41, 5.74) is 6.44. The smallest absolute Gasteiger partial charge is 0.341 e. The summed E-state index contributed by atoms with van der Waals surface area (Å²) in [6.07, 6.45) is 4.18. The van der Waals surface area contributed by atoms with Gasteiger partial charge in [-0.2, -0.15) is 0 Å². The molecule has 2 aromatic carbocycles. The van der Waals surface area contributed by atoms with Crippen LogP contribution in [0.3, 0.4) is 0 Å². The summed E-state index contributed by atoms with van der Waals surface area (Å²) < 4.78 is 8.05. The number of fused-ring (bicyclic) bond motifs is 3. The van der Waals surface area contributed by atoms with Crippen molar-refractivity contribution < 1.29 is 14.6 Å². The number of carbonyl (C=O) groups is 1. The van der Waals surface area contributed by atoms with Crippen LogP contribution in [0.25, 0.3) is 10.9 Å². The summed E-state index contributed by atoms with van der Waals surface area (Å²) in [5, 5.41) is 10.1. The zero-order valence-corrected chi connectivity index (χ0v) is 15.0. The third-order valence-corrected chi connectivity index (χ3v) is 5.20. The lowest BCUT2D eigenvalue weighted by molar-refractivity contribution is -0.139. The minimum atomic E-state index is -0.946. The summed E-state index contributed by atoms with van der Waals surface area (Å²) in [6.45, 7) is 2.68. The van der Waals surface area contributed by atoms with Crippen LogP contribution in [0, 0.1) is 0 Å². The highest BCUT2D eigenvalue weighted by atomic mass is 16.5. The summed E-state index contributed by atoms with van der Waals surface area (Å²) >= 11 is 0. The average Bonchev–Trinajstić information content (AvgIpc) is 3.24. The van der Waals surface area contributed by atoms with Crippen molar-refractivity contribution >= 4 is 16.9 Å². The Bertz CT molecular complexity index is 957. The number of benzene rings is 2. The number of ether oxygens (including phenoxy) is 1. The molecule has 0 spiro atoms. The van der Waals surface area contributed by atoms with Crippen molar-refractivity contribution in [2.45, 2.75) is 39.2 Å². The van der Waals surface area contributed by atoms with Gasteiger partial charge in [0.2, 0.25) is 0 Å². The van der Waals surface area contributed by atoms with Crippen LogP contribution in [0.4, 0.5) is 0 Å². The van der Waals surface area contributed by atoms with Gasteiger partial charge >= 0.3 is 5.97 Å². The number of nitrogens with zero attached hydrogens (tertiary/aromatic N) is 1. The van der Waals surface area contributed by atoms with Gasteiger partial charge in [-0.05, 0) is 54.5 Å². The largest absolute Gasteiger partial charge is 0.481 e. The second kappa shape index (κ2) is 6.87. The zero-order chi connectivity index (χ0) is 18.1. The minimum absolute atomic E-state index is 0.306. The Morgan fingerprint density at radius 1 is 1.19 bits per heavy atom. The maximum Gasteiger partial charge on any atom is 0.341 e. The topological polar surface area (TPSA) is 51.5 Å². The molecule has 1 aliphatic rings. The predicted molar refractivity (Wildman–Crippen MR) is 102 cm³/mol. The van der Waals surface area contributed by atoms with Crippen molar-refractivity contribution in [2.75, 3.05) is 6.61 Å². The van der Waals surface area contributed by atoms with Crippen molar-refractivity contribution in [2.24, 2.45) is 0 Å². The van der Waals surface area contributed by atoms with Gasteiger partial charge in [-0.25, -0.2) is 4.79 Å². The molecular weight excluding hydrogens is 326 g/mol. The van der Waals surface area contributed by atoms with Gasteiger partial charge in [0.15, 0.2) is 6.61 Å². The molecule has 0 saturated heterocycles. The molecule has 0 fully saturated rings. The van der Waals surface area contributed by atoms with Crippen molar-refractivity contribution in [3.63, 3.8) is 0 Å². The third kappa shape index (κ3) is 2.96. The normalized spacial score (nSPS) is 13.1. The molecule has 4 nitrogen and oxygen atoms in total. The fraction of sp³-hybridized carbons (Fsp3) is 0.318. The van der Waals surface area contributed by atoms with E-state index in [2.05, 4.69) is 47.9 Å². The van der Waals surface area contributed by atoms with E-state index in [-0.39, 0.29) is 6.61 Å². The Morgan fingerprint density at radius 3 is 2.73 bits per heavy atom. The molecule has 134 valence electrons. The number of hydrogen-bond acceptors (Lipinski definition) is 2. The molecule has 1 heterocycles. The van der Waals surface area contributed by atoms with Crippen molar-refractivity contribution in [1.82, 2.24) is 4.57 Å². The van der Waals surface area contributed by atoms with E-state index in [0.29, 0.717) is 5.75 Å². The van der Waals surface area contributed by atoms with Gasteiger partial charge in [-0.15, -0.1) is 0 Å². The second-order valence-electron chi connectivity index (χ2n) is 6.87. The molecule has 3 aromatic rings. The Hall–Kier alpha value is -2.75. The van der Waals surface area contributed by atoms with Gasteiger partial charge < -0.3 is 14.4 Å². The average molecular weight is 349 g/mol.